The normalized spacial score (nSPS) is 12.6. The molecule has 0 unspecified atom stereocenters. The zero-order chi connectivity index (χ0) is 29.8. The molecule has 0 bridgehead atoms. The van der Waals surface area contributed by atoms with Crippen molar-refractivity contribution in [3.05, 3.63) is 97.1 Å². The lowest BCUT2D eigenvalue weighted by molar-refractivity contribution is 0.289. The van der Waals surface area contributed by atoms with Crippen LogP contribution in [0.1, 0.15) is 18.4 Å². The smallest absolute Gasteiger partial charge is 0.139 e. The Morgan fingerprint density at radius 2 is 1.60 bits per heavy atom. The molecule has 0 radical (unpaired) electrons. The van der Waals surface area contributed by atoms with Crippen molar-refractivity contribution in [3.8, 4) is 34.0 Å². The number of anilines is 2. The molecule has 220 valence electrons. The third-order valence-corrected chi connectivity index (χ3v) is 7.54. The Kier molecular flexibility index (Phi) is 8.13. The molecule has 2 N–H and O–H groups in total. The molecule has 9 heteroatoms. The van der Waals surface area contributed by atoms with Crippen LogP contribution in [0, 0.1) is 6.92 Å². The van der Waals surface area contributed by atoms with Gasteiger partial charge in [-0.15, -0.1) is 0 Å². The van der Waals surface area contributed by atoms with Gasteiger partial charge in [0.25, 0.3) is 0 Å². The maximum atomic E-state index is 12.1. The molecule has 1 aliphatic rings. The van der Waals surface area contributed by atoms with Crippen LogP contribution >= 0.6 is 0 Å². The largest absolute Gasteiger partial charge is 0.507 e. The quantitative estimate of drug-likeness (QED) is 0.189. The van der Waals surface area contributed by atoms with Crippen LogP contribution in [0.15, 0.2) is 91.5 Å². The zero-order valence-corrected chi connectivity index (χ0v) is 24.4. The molecule has 0 atom stereocenters. The summed E-state index contributed by atoms with van der Waals surface area (Å²) in [6, 6.07) is 21.5. The fraction of sp³-hybridized carbons (Fsp3) is 0.235. The lowest BCUT2D eigenvalue weighted by Gasteiger charge is -2.33. The van der Waals surface area contributed by atoms with Crippen molar-refractivity contribution in [1.29, 1.82) is 0 Å². The Labute approximate surface area is 250 Å². The third kappa shape index (κ3) is 6.25. The monoisotopic (exact) mass is 578 g/mol. The van der Waals surface area contributed by atoms with Gasteiger partial charge in [0, 0.05) is 86.0 Å². The van der Waals surface area contributed by atoms with Gasteiger partial charge in [-0.05, 0) is 61.9 Å². The molecular weight excluding hydrogens is 543 g/mol. The molecule has 1 fully saturated rings. The maximum absolute atomic E-state index is 12.1. The van der Waals surface area contributed by atoms with E-state index in [9.17, 15) is 9.50 Å². The molecule has 0 amide bonds. The molecule has 4 aromatic heterocycles. The fourth-order valence-corrected chi connectivity index (χ4v) is 4.97. The number of alkyl halides is 1. The minimum atomic E-state index is -0.348. The summed E-state index contributed by atoms with van der Waals surface area (Å²) < 4.78 is 21.6. The molecule has 6 aromatic rings. The SMILES string of the molecule is CNc1ccn2cc(-c3cc(C)ccc3O)nc2c1.FCCCOc1ccc(-c2cn3ccc(N4CCC4)cc3n2)cc1. The van der Waals surface area contributed by atoms with Crippen molar-refractivity contribution in [2.75, 3.05) is 43.6 Å². The summed E-state index contributed by atoms with van der Waals surface area (Å²) in [6.07, 6.45) is 9.66. The van der Waals surface area contributed by atoms with Gasteiger partial charge in [-0.2, -0.15) is 0 Å². The lowest BCUT2D eigenvalue weighted by atomic mass is 10.1. The number of nitrogens with one attached hydrogen (secondary N) is 1. The van der Waals surface area contributed by atoms with E-state index >= 15 is 0 Å². The number of aryl methyl sites for hydroxylation is 1. The Morgan fingerprint density at radius 1 is 0.884 bits per heavy atom. The van der Waals surface area contributed by atoms with E-state index < -0.39 is 0 Å². The summed E-state index contributed by atoms with van der Waals surface area (Å²) in [7, 11) is 1.88. The fourth-order valence-electron chi connectivity index (χ4n) is 4.97. The molecule has 0 spiro atoms. The number of halogens is 1. The topological polar surface area (TPSA) is 79.3 Å². The Hall–Kier alpha value is -5.05. The number of aromatic nitrogens is 4. The maximum Gasteiger partial charge on any atom is 0.139 e. The Bertz CT molecular complexity index is 1840. The Morgan fingerprint density at radius 3 is 2.33 bits per heavy atom. The number of nitrogens with zero attached hydrogens (tertiary/aromatic N) is 5. The molecule has 5 heterocycles. The van der Waals surface area contributed by atoms with Gasteiger partial charge in [-0.1, -0.05) is 11.6 Å². The van der Waals surface area contributed by atoms with Crippen LogP contribution in [0.2, 0.25) is 0 Å². The first kappa shape index (κ1) is 28.1. The van der Waals surface area contributed by atoms with E-state index in [0.717, 1.165) is 63.9 Å². The number of fused-ring (bicyclic) bond motifs is 2. The zero-order valence-electron chi connectivity index (χ0n) is 24.4. The highest BCUT2D eigenvalue weighted by atomic mass is 19.1. The van der Waals surface area contributed by atoms with Crippen molar-refractivity contribution in [1.82, 2.24) is 18.8 Å². The minimum absolute atomic E-state index is 0.253. The number of benzene rings is 2. The molecule has 43 heavy (non-hydrogen) atoms. The second kappa shape index (κ2) is 12.4. The van der Waals surface area contributed by atoms with Crippen LogP contribution in [0.4, 0.5) is 15.8 Å². The number of hydrogen-bond donors (Lipinski definition) is 2. The first-order valence-electron chi connectivity index (χ1n) is 14.5. The highest BCUT2D eigenvalue weighted by molar-refractivity contribution is 5.71. The first-order chi connectivity index (χ1) is 21.0. The molecule has 1 aliphatic heterocycles. The van der Waals surface area contributed by atoms with Gasteiger partial charge in [0.2, 0.25) is 0 Å². The van der Waals surface area contributed by atoms with Crippen molar-refractivity contribution >= 4 is 22.7 Å². The van der Waals surface area contributed by atoms with Gasteiger partial charge < -0.3 is 28.9 Å². The van der Waals surface area contributed by atoms with Gasteiger partial charge >= 0.3 is 0 Å². The average molecular weight is 579 g/mol. The molecular formula is C34H35FN6O2. The molecule has 0 saturated carbocycles. The highest BCUT2D eigenvalue weighted by Crippen LogP contribution is 2.30. The van der Waals surface area contributed by atoms with Gasteiger partial charge in [0.1, 0.15) is 22.8 Å². The number of phenols is 1. The van der Waals surface area contributed by atoms with E-state index in [2.05, 4.69) is 33.5 Å². The molecule has 1 saturated heterocycles. The van der Waals surface area contributed by atoms with Gasteiger partial charge in [-0.3, -0.25) is 4.39 Å². The van der Waals surface area contributed by atoms with E-state index in [-0.39, 0.29) is 12.4 Å². The summed E-state index contributed by atoms with van der Waals surface area (Å²) in [4.78, 5) is 11.7. The second-order valence-electron chi connectivity index (χ2n) is 10.6. The number of imidazole rings is 2. The van der Waals surface area contributed by atoms with E-state index in [1.807, 2.05) is 89.9 Å². The van der Waals surface area contributed by atoms with E-state index in [1.54, 1.807) is 6.07 Å². The molecule has 7 rings (SSSR count). The van der Waals surface area contributed by atoms with Crippen LogP contribution in [0.25, 0.3) is 33.8 Å². The Balaban J connectivity index is 0.000000157. The summed E-state index contributed by atoms with van der Waals surface area (Å²) >= 11 is 0. The van der Waals surface area contributed by atoms with E-state index in [0.29, 0.717) is 13.0 Å². The predicted octanol–water partition coefficient (Wildman–Crippen LogP) is 7.01. The van der Waals surface area contributed by atoms with Crippen LogP contribution in [-0.4, -0.2) is 57.3 Å². The van der Waals surface area contributed by atoms with Gasteiger partial charge in [0.05, 0.1) is 24.7 Å². The molecule has 0 aliphatic carbocycles. The van der Waals surface area contributed by atoms with Crippen LogP contribution in [0.5, 0.6) is 11.5 Å². The number of pyridine rings is 2. The number of hydrogen-bond acceptors (Lipinski definition) is 6. The summed E-state index contributed by atoms with van der Waals surface area (Å²) in [6.45, 7) is 4.32. The van der Waals surface area contributed by atoms with Crippen LogP contribution in [0.3, 0.4) is 0 Å². The van der Waals surface area contributed by atoms with Crippen molar-refractivity contribution in [2.24, 2.45) is 0 Å². The van der Waals surface area contributed by atoms with Crippen molar-refractivity contribution < 1.29 is 14.2 Å². The highest BCUT2D eigenvalue weighted by Gasteiger charge is 2.15. The van der Waals surface area contributed by atoms with Gasteiger partial charge in [0.15, 0.2) is 0 Å². The van der Waals surface area contributed by atoms with Gasteiger partial charge in [-0.25, -0.2) is 9.97 Å². The van der Waals surface area contributed by atoms with Crippen molar-refractivity contribution in [3.63, 3.8) is 0 Å². The first-order valence-corrected chi connectivity index (χ1v) is 14.5. The standard InChI is InChI=1S/C19H20FN3O.C15H15N3O/c20-8-1-12-24-17-5-3-15(4-6-17)18-14-23-11-7-16(13-19(23)21-18)22-9-2-10-22;1-10-3-4-14(19)12(7-10)13-9-18-6-5-11(16-2)8-15(18)17-13/h3-7,11,13-14H,1-2,8-10,12H2;3-9,16,19H,1-2H3. The van der Waals surface area contributed by atoms with Crippen LogP contribution in [-0.2, 0) is 0 Å². The summed E-state index contributed by atoms with van der Waals surface area (Å²) in [5.41, 5.74) is 8.67. The number of aromatic hydroxyl groups is 1. The summed E-state index contributed by atoms with van der Waals surface area (Å²) in [5, 5.41) is 13.0. The number of ether oxygens (including phenoxy) is 1. The van der Waals surface area contributed by atoms with E-state index in [4.69, 9.17) is 9.72 Å². The minimum Gasteiger partial charge on any atom is -0.507 e. The second-order valence-corrected chi connectivity index (χ2v) is 10.6. The van der Waals surface area contributed by atoms with Crippen LogP contribution < -0.4 is 15.0 Å². The summed E-state index contributed by atoms with van der Waals surface area (Å²) in [5.74, 6) is 1.01. The predicted molar refractivity (Wildman–Crippen MR) is 170 cm³/mol. The lowest BCUT2D eigenvalue weighted by Crippen LogP contribution is -2.36. The van der Waals surface area contributed by atoms with E-state index in [1.165, 1.54) is 12.1 Å². The number of phenolic OH excluding ortho intramolecular Hbond substituents is 1. The number of rotatable bonds is 8. The van der Waals surface area contributed by atoms with Crippen molar-refractivity contribution in [2.45, 2.75) is 19.8 Å². The molecule has 8 nitrogen and oxygen atoms in total. The average Bonchev–Trinajstić information content (AvgIpc) is 3.62. The molecule has 2 aromatic carbocycles. The third-order valence-electron chi connectivity index (χ3n) is 7.54.